The summed E-state index contributed by atoms with van der Waals surface area (Å²) in [6.45, 7) is 3.63. The molecular weight excluding hydrogens is 316 g/mol. The number of aromatic nitrogens is 2. The predicted molar refractivity (Wildman–Crippen MR) is 93.2 cm³/mol. The Kier molecular flexibility index (Phi) is 4.36. The lowest BCUT2D eigenvalue weighted by molar-refractivity contribution is -0.0428. The van der Waals surface area contributed by atoms with Crippen LogP contribution in [0, 0.1) is 5.92 Å². The molecule has 0 spiro atoms. The van der Waals surface area contributed by atoms with Gasteiger partial charge in [0.25, 0.3) is 5.91 Å². The van der Waals surface area contributed by atoms with E-state index < -0.39 is 0 Å². The summed E-state index contributed by atoms with van der Waals surface area (Å²) in [4.78, 5) is 25.5. The number of fused-ring (bicyclic) bond motifs is 1. The Labute approximate surface area is 147 Å². The molecule has 2 saturated heterocycles. The molecule has 6 nitrogen and oxygen atoms in total. The molecule has 0 aromatic carbocycles. The van der Waals surface area contributed by atoms with Crippen molar-refractivity contribution in [2.45, 2.75) is 19.0 Å². The molecule has 0 radical (unpaired) electrons. The smallest absolute Gasteiger partial charge is 0.255 e. The summed E-state index contributed by atoms with van der Waals surface area (Å²) in [6, 6.07) is 8.05. The first-order valence-corrected chi connectivity index (χ1v) is 8.67. The third-order valence-corrected chi connectivity index (χ3v) is 5.25. The second-order valence-corrected chi connectivity index (χ2v) is 6.75. The second kappa shape index (κ2) is 6.80. The van der Waals surface area contributed by atoms with E-state index in [-0.39, 0.29) is 5.91 Å². The van der Waals surface area contributed by atoms with Crippen LogP contribution in [0.5, 0.6) is 5.88 Å². The zero-order valence-corrected chi connectivity index (χ0v) is 14.3. The van der Waals surface area contributed by atoms with Crippen molar-refractivity contribution in [3.05, 3.63) is 54.0 Å². The van der Waals surface area contributed by atoms with Gasteiger partial charge in [-0.2, -0.15) is 0 Å². The van der Waals surface area contributed by atoms with Gasteiger partial charge in [0.2, 0.25) is 5.88 Å². The highest BCUT2D eigenvalue weighted by Crippen LogP contribution is 2.34. The maximum absolute atomic E-state index is 12.8. The zero-order valence-electron chi connectivity index (χ0n) is 14.3. The van der Waals surface area contributed by atoms with Crippen LogP contribution in [0.15, 0.2) is 42.9 Å². The molecule has 2 aromatic heterocycles. The SMILES string of the molecule is COc1ccc(C(=O)N2CC[C@@H]3CN(Cc4cccnc4)[C@@H]3C2)cn1. The molecule has 0 bridgehead atoms. The summed E-state index contributed by atoms with van der Waals surface area (Å²) in [5.41, 5.74) is 1.85. The van der Waals surface area contributed by atoms with Gasteiger partial charge < -0.3 is 9.64 Å². The predicted octanol–water partition coefficient (Wildman–Crippen LogP) is 1.83. The van der Waals surface area contributed by atoms with Gasteiger partial charge in [0.1, 0.15) is 0 Å². The van der Waals surface area contributed by atoms with Crippen LogP contribution in [0.25, 0.3) is 0 Å². The molecular formula is C19H22N4O2. The van der Waals surface area contributed by atoms with Crippen LogP contribution in [0.4, 0.5) is 0 Å². The Balaban J connectivity index is 1.40. The summed E-state index contributed by atoms with van der Waals surface area (Å²) in [5.74, 6) is 1.29. The Hall–Kier alpha value is -2.47. The first-order valence-electron chi connectivity index (χ1n) is 8.67. The molecule has 130 valence electrons. The normalized spacial score (nSPS) is 22.8. The van der Waals surface area contributed by atoms with E-state index in [1.165, 1.54) is 5.56 Å². The van der Waals surface area contributed by atoms with E-state index in [0.717, 1.165) is 32.6 Å². The topological polar surface area (TPSA) is 58.6 Å². The van der Waals surface area contributed by atoms with Crippen LogP contribution in [0.3, 0.4) is 0 Å². The average Bonchev–Trinajstić information content (AvgIpc) is 2.66. The van der Waals surface area contributed by atoms with Gasteiger partial charge in [-0.3, -0.25) is 14.7 Å². The Morgan fingerprint density at radius 2 is 2.20 bits per heavy atom. The van der Waals surface area contributed by atoms with E-state index >= 15 is 0 Å². The Morgan fingerprint density at radius 1 is 1.28 bits per heavy atom. The summed E-state index contributed by atoms with van der Waals surface area (Å²) >= 11 is 0. The largest absolute Gasteiger partial charge is 0.481 e. The Morgan fingerprint density at radius 3 is 2.92 bits per heavy atom. The molecule has 0 unspecified atom stereocenters. The number of nitrogens with zero attached hydrogens (tertiary/aromatic N) is 4. The molecule has 1 amide bonds. The van der Waals surface area contributed by atoms with Gasteiger partial charge in [-0.15, -0.1) is 0 Å². The molecule has 2 aromatic rings. The van der Waals surface area contributed by atoms with E-state index in [2.05, 4.69) is 20.9 Å². The van der Waals surface area contributed by atoms with Crippen LogP contribution in [-0.4, -0.2) is 58.5 Å². The fourth-order valence-corrected chi connectivity index (χ4v) is 3.81. The number of piperidine rings is 1. The van der Waals surface area contributed by atoms with Gasteiger partial charge in [0, 0.05) is 56.9 Å². The molecule has 2 atom stereocenters. The first-order chi connectivity index (χ1) is 12.2. The number of carbonyl (C=O) groups is 1. The highest BCUT2D eigenvalue weighted by Gasteiger charge is 2.43. The highest BCUT2D eigenvalue weighted by molar-refractivity contribution is 5.94. The minimum atomic E-state index is 0.0573. The molecule has 4 rings (SSSR count). The van der Waals surface area contributed by atoms with Crippen molar-refractivity contribution >= 4 is 5.91 Å². The van der Waals surface area contributed by atoms with E-state index in [4.69, 9.17) is 4.74 Å². The number of hydrogen-bond donors (Lipinski definition) is 0. The van der Waals surface area contributed by atoms with Crippen molar-refractivity contribution in [3.63, 3.8) is 0 Å². The summed E-state index contributed by atoms with van der Waals surface area (Å²) < 4.78 is 5.06. The van der Waals surface area contributed by atoms with Crippen LogP contribution < -0.4 is 4.74 Å². The lowest BCUT2D eigenvalue weighted by atomic mass is 9.82. The number of rotatable bonds is 4. The standard InChI is InChI=1S/C19H22N4O2/c1-25-18-5-4-15(10-21-18)19(24)22-8-6-16-12-23(17(16)13-22)11-14-3-2-7-20-9-14/h2-5,7,9-10,16-17H,6,8,11-13H2,1H3/t16-,17-/m1/s1. The molecule has 2 aliphatic heterocycles. The van der Waals surface area contributed by atoms with E-state index in [1.54, 1.807) is 31.6 Å². The molecule has 25 heavy (non-hydrogen) atoms. The van der Waals surface area contributed by atoms with Crippen LogP contribution in [-0.2, 0) is 6.54 Å². The van der Waals surface area contributed by atoms with Gasteiger partial charge in [0.15, 0.2) is 0 Å². The van der Waals surface area contributed by atoms with Gasteiger partial charge in [-0.1, -0.05) is 6.07 Å². The van der Waals surface area contributed by atoms with Crippen molar-refractivity contribution in [1.29, 1.82) is 0 Å². The minimum absolute atomic E-state index is 0.0573. The maximum atomic E-state index is 12.8. The van der Waals surface area contributed by atoms with Crippen molar-refractivity contribution in [1.82, 2.24) is 19.8 Å². The molecule has 2 fully saturated rings. The molecule has 2 aliphatic rings. The Bertz CT molecular complexity index is 735. The maximum Gasteiger partial charge on any atom is 0.255 e. The molecule has 0 saturated carbocycles. The number of hydrogen-bond acceptors (Lipinski definition) is 5. The van der Waals surface area contributed by atoms with Crippen molar-refractivity contribution in [2.24, 2.45) is 5.92 Å². The number of ether oxygens (including phenoxy) is 1. The van der Waals surface area contributed by atoms with Crippen LogP contribution >= 0.6 is 0 Å². The third kappa shape index (κ3) is 3.22. The quantitative estimate of drug-likeness (QED) is 0.851. The zero-order chi connectivity index (χ0) is 17.2. The molecule has 0 N–H and O–H groups in total. The molecule has 0 aliphatic carbocycles. The lowest BCUT2D eigenvalue weighted by Gasteiger charge is -2.53. The van der Waals surface area contributed by atoms with Crippen LogP contribution in [0.2, 0.25) is 0 Å². The van der Waals surface area contributed by atoms with E-state index in [9.17, 15) is 4.79 Å². The first kappa shape index (κ1) is 16.0. The lowest BCUT2D eigenvalue weighted by Crippen LogP contribution is -2.64. The molecule has 4 heterocycles. The van der Waals surface area contributed by atoms with Crippen molar-refractivity contribution < 1.29 is 9.53 Å². The van der Waals surface area contributed by atoms with Crippen molar-refractivity contribution in [3.8, 4) is 5.88 Å². The second-order valence-electron chi connectivity index (χ2n) is 6.75. The fraction of sp³-hybridized carbons (Fsp3) is 0.421. The van der Waals surface area contributed by atoms with Gasteiger partial charge >= 0.3 is 0 Å². The summed E-state index contributed by atoms with van der Waals surface area (Å²) in [6.07, 6.45) is 6.39. The number of likely N-dealkylation sites (tertiary alicyclic amines) is 2. The van der Waals surface area contributed by atoms with Gasteiger partial charge in [-0.05, 0) is 30.0 Å². The average molecular weight is 338 g/mol. The van der Waals surface area contributed by atoms with E-state index in [1.807, 2.05) is 17.2 Å². The van der Waals surface area contributed by atoms with Gasteiger partial charge in [0.05, 0.1) is 12.7 Å². The summed E-state index contributed by atoms with van der Waals surface area (Å²) in [7, 11) is 1.57. The molecule has 6 heteroatoms. The van der Waals surface area contributed by atoms with Crippen molar-refractivity contribution in [2.75, 3.05) is 26.7 Å². The fourth-order valence-electron chi connectivity index (χ4n) is 3.81. The monoisotopic (exact) mass is 338 g/mol. The number of amides is 1. The van der Waals surface area contributed by atoms with Crippen LogP contribution in [0.1, 0.15) is 22.3 Å². The summed E-state index contributed by atoms with van der Waals surface area (Å²) in [5, 5.41) is 0. The van der Waals surface area contributed by atoms with E-state index in [0.29, 0.717) is 23.4 Å². The number of pyridine rings is 2. The minimum Gasteiger partial charge on any atom is -0.481 e. The highest BCUT2D eigenvalue weighted by atomic mass is 16.5. The van der Waals surface area contributed by atoms with Gasteiger partial charge in [-0.25, -0.2) is 4.98 Å². The number of methoxy groups -OCH3 is 1. The number of carbonyl (C=O) groups excluding carboxylic acids is 1. The third-order valence-electron chi connectivity index (χ3n) is 5.25.